The maximum atomic E-state index is 13.7. The second kappa shape index (κ2) is 13.1. The molecule has 8 nitrogen and oxygen atoms in total. The Bertz CT molecular complexity index is 1100. The highest BCUT2D eigenvalue weighted by atomic mass is 32.2. The number of hydrogen-bond acceptors (Lipinski definition) is 5. The number of unbranched alkanes of at least 4 members (excludes halogenated alkanes) is 1. The largest absolute Gasteiger partial charge is 0.497 e. The van der Waals surface area contributed by atoms with E-state index in [0.29, 0.717) is 24.4 Å². The minimum Gasteiger partial charge on any atom is -0.497 e. The molecular formula is C26H37N3O5S. The Hall–Kier alpha value is -3.07. The van der Waals surface area contributed by atoms with Crippen molar-refractivity contribution in [1.29, 1.82) is 0 Å². The highest BCUT2D eigenvalue weighted by Gasteiger charge is 2.32. The van der Waals surface area contributed by atoms with E-state index in [9.17, 15) is 18.0 Å². The number of benzene rings is 2. The van der Waals surface area contributed by atoms with Crippen molar-refractivity contribution in [2.24, 2.45) is 0 Å². The molecule has 0 saturated heterocycles. The number of methoxy groups -OCH3 is 1. The van der Waals surface area contributed by atoms with E-state index in [1.54, 1.807) is 44.4 Å². The summed E-state index contributed by atoms with van der Waals surface area (Å²) in [5.74, 6) is -0.0778. The number of carbonyl (C=O) groups excluding carboxylic acids is 2. The molecule has 0 heterocycles. The molecule has 0 aliphatic carbocycles. The number of nitrogens with one attached hydrogen (secondary N) is 1. The van der Waals surface area contributed by atoms with Crippen LogP contribution in [0.3, 0.4) is 0 Å². The van der Waals surface area contributed by atoms with Gasteiger partial charge in [-0.15, -0.1) is 0 Å². The molecule has 35 heavy (non-hydrogen) atoms. The number of rotatable bonds is 13. The number of anilines is 1. The summed E-state index contributed by atoms with van der Waals surface area (Å²) in [6.45, 7) is 5.92. The van der Waals surface area contributed by atoms with Crippen molar-refractivity contribution < 1.29 is 22.7 Å². The maximum absolute atomic E-state index is 13.7. The van der Waals surface area contributed by atoms with E-state index in [2.05, 4.69) is 5.32 Å². The first-order chi connectivity index (χ1) is 16.6. The Morgan fingerprint density at radius 2 is 1.80 bits per heavy atom. The first-order valence-electron chi connectivity index (χ1n) is 11.9. The summed E-state index contributed by atoms with van der Waals surface area (Å²) >= 11 is 0. The third-order valence-electron chi connectivity index (χ3n) is 5.77. The van der Waals surface area contributed by atoms with Crippen LogP contribution in [0.5, 0.6) is 5.75 Å². The molecule has 0 saturated carbocycles. The molecule has 2 rings (SSSR count). The number of nitrogens with zero attached hydrogens (tertiary/aromatic N) is 2. The Morgan fingerprint density at radius 1 is 1.09 bits per heavy atom. The molecule has 0 aliphatic heterocycles. The van der Waals surface area contributed by atoms with Gasteiger partial charge in [0.2, 0.25) is 21.8 Å². The van der Waals surface area contributed by atoms with Gasteiger partial charge in [-0.1, -0.05) is 50.6 Å². The molecule has 1 atom stereocenters. The number of aryl methyl sites for hydroxylation is 1. The Labute approximate surface area is 209 Å². The van der Waals surface area contributed by atoms with Crippen LogP contribution in [0.15, 0.2) is 48.5 Å². The van der Waals surface area contributed by atoms with Gasteiger partial charge in [0.1, 0.15) is 18.3 Å². The van der Waals surface area contributed by atoms with E-state index in [1.165, 1.54) is 4.90 Å². The molecule has 0 fully saturated rings. The number of amides is 2. The minimum absolute atomic E-state index is 0.140. The van der Waals surface area contributed by atoms with Crippen LogP contribution in [-0.2, 0) is 26.2 Å². The lowest BCUT2D eigenvalue weighted by Crippen LogP contribution is -2.52. The van der Waals surface area contributed by atoms with Gasteiger partial charge in [0, 0.05) is 13.1 Å². The molecule has 2 aromatic carbocycles. The van der Waals surface area contributed by atoms with Gasteiger partial charge in [-0.25, -0.2) is 8.42 Å². The summed E-state index contributed by atoms with van der Waals surface area (Å²) in [5.41, 5.74) is 1.94. The molecule has 1 N–H and O–H groups in total. The fourth-order valence-electron chi connectivity index (χ4n) is 3.83. The lowest BCUT2D eigenvalue weighted by atomic mass is 10.1. The Morgan fingerprint density at radius 3 is 2.40 bits per heavy atom. The van der Waals surface area contributed by atoms with Gasteiger partial charge in [-0.3, -0.25) is 13.9 Å². The van der Waals surface area contributed by atoms with Crippen LogP contribution in [0.2, 0.25) is 0 Å². The molecule has 0 bridgehead atoms. The summed E-state index contributed by atoms with van der Waals surface area (Å²) < 4.78 is 31.8. The fourth-order valence-corrected chi connectivity index (χ4v) is 4.74. The first kappa shape index (κ1) is 28.2. The number of ether oxygens (including phenoxy) is 1. The molecule has 9 heteroatoms. The van der Waals surface area contributed by atoms with Gasteiger partial charge in [-0.05, 0) is 49.1 Å². The summed E-state index contributed by atoms with van der Waals surface area (Å²) in [6, 6.07) is 13.5. The van der Waals surface area contributed by atoms with Gasteiger partial charge in [0.05, 0.1) is 19.1 Å². The van der Waals surface area contributed by atoms with Crippen molar-refractivity contribution in [1.82, 2.24) is 10.2 Å². The third-order valence-corrected chi connectivity index (χ3v) is 6.89. The summed E-state index contributed by atoms with van der Waals surface area (Å²) in [4.78, 5) is 28.2. The first-order valence-corrected chi connectivity index (χ1v) is 13.7. The van der Waals surface area contributed by atoms with Crippen LogP contribution in [-0.4, -0.2) is 57.6 Å². The lowest BCUT2D eigenvalue weighted by molar-refractivity contribution is -0.140. The zero-order chi connectivity index (χ0) is 26.0. The number of para-hydroxylation sites is 1. The number of sulfonamides is 1. The van der Waals surface area contributed by atoms with E-state index < -0.39 is 28.5 Å². The van der Waals surface area contributed by atoms with E-state index >= 15 is 0 Å². The standard InChI is InChI=1S/C26H37N3O5S/c1-6-8-16-27-26(31)23(7-2)28(18-21-13-11-14-22(17-21)34-4)25(30)19-29(35(5,32)33)24-15-10-9-12-20(24)3/h9-15,17,23H,6-8,16,18-19H2,1-5H3,(H,27,31)/t23-/m1/s1. The SMILES string of the molecule is CCCCNC(=O)[C@@H](CC)N(Cc1cccc(OC)c1)C(=O)CN(c1ccccc1C)S(C)(=O)=O. The van der Waals surface area contributed by atoms with Crippen molar-refractivity contribution in [3.63, 3.8) is 0 Å². The second-order valence-electron chi connectivity index (χ2n) is 8.50. The minimum atomic E-state index is -3.76. The molecule has 0 aliphatic rings. The zero-order valence-electron chi connectivity index (χ0n) is 21.3. The fraction of sp³-hybridized carbons (Fsp3) is 0.462. The van der Waals surface area contributed by atoms with Gasteiger partial charge in [0.25, 0.3) is 0 Å². The molecule has 2 aromatic rings. The van der Waals surface area contributed by atoms with Gasteiger partial charge >= 0.3 is 0 Å². The second-order valence-corrected chi connectivity index (χ2v) is 10.4. The smallest absolute Gasteiger partial charge is 0.244 e. The van der Waals surface area contributed by atoms with Crippen molar-refractivity contribution >= 4 is 27.5 Å². The van der Waals surface area contributed by atoms with Gasteiger partial charge in [0.15, 0.2) is 0 Å². The van der Waals surface area contributed by atoms with E-state index in [0.717, 1.165) is 34.5 Å². The van der Waals surface area contributed by atoms with Crippen LogP contribution in [0.1, 0.15) is 44.2 Å². The maximum Gasteiger partial charge on any atom is 0.244 e. The zero-order valence-corrected chi connectivity index (χ0v) is 22.1. The Balaban J connectivity index is 2.43. The van der Waals surface area contributed by atoms with Crippen LogP contribution < -0.4 is 14.4 Å². The van der Waals surface area contributed by atoms with E-state index in [-0.39, 0.29) is 12.5 Å². The van der Waals surface area contributed by atoms with E-state index in [1.807, 2.05) is 32.0 Å². The summed E-state index contributed by atoms with van der Waals surface area (Å²) in [5, 5.41) is 2.91. The average Bonchev–Trinajstić information content (AvgIpc) is 2.82. The highest BCUT2D eigenvalue weighted by Crippen LogP contribution is 2.23. The van der Waals surface area contributed by atoms with Crippen molar-refractivity contribution in [2.75, 3.05) is 30.8 Å². The van der Waals surface area contributed by atoms with Gasteiger partial charge < -0.3 is 15.0 Å². The van der Waals surface area contributed by atoms with Crippen LogP contribution >= 0.6 is 0 Å². The van der Waals surface area contributed by atoms with Gasteiger partial charge in [-0.2, -0.15) is 0 Å². The summed E-state index contributed by atoms with van der Waals surface area (Å²) in [6.07, 6.45) is 3.23. The molecule has 192 valence electrons. The molecule has 0 aromatic heterocycles. The lowest BCUT2D eigenvalue weighted by Gasteiger charge is -2.33. The molecule has 0 radical (unpaired) electrons. The van der Waals surface area contributed by atoms with Crippen LogP contribution in [0, 0.1) is 6.92 Å². The predicted molar refractivity (Wildman–Crippen MR) is 139 cm³/mol. The van der Waals surface area contributed by atoms with E-state index in [4.69, 9.17) is 4.74 Å². The van der Waals surface area contributed by atoms with Crippen molar-refractivity contribution in [3.8, 4) is 5.75 Å². The molecule has 2 amide bonds. The van der Waals surface area contributed by atoms with Crippen molar-refractivity contribution in [3.05, 3.63) is 59.7 Å². The highest BCUT2D eigenvalue weighted by molar-refractivity contribution is 7.92. The summed E-state index contributed by atoms with van der Waals surface area (Å²) in [7, 11) is -2.20. The predicted octanol–water partition coefficient (Wildman–Crippen LogP) is 3.49. The molecule has 0 spiro atoms. The number of hydrogen-bond donors (Lipinski definition) is 1. The molecule has 0 unspecified atom stereocenters. The normalized spacial score (nSPS) is 12.0. The Kier molecular flexibility index (Phi) is 10.6. The van der Waals surface area contributed by atoms with Crippen LogP contribution in [0.25, 0.3) is 0 Å². The monoisotopic (exact) mass is 503 g/mol. The van der Waals surface area contributed by atoms with Crippen molar-refractivity contribution in [2.45, 2.75) is 52.6 Å². The third kappa shape index (κ3) is 7.99. The average molecular weight is 504 g/mol. The topological polar surface area (TPSA) is 96.0 Å². The molecular weight excluding hydrogens is 466 g/mol. The quantitative estimate of drug-likeness (QED) is 0.422. The van der Waals surface area contributed by atoms with Crippen LogP contribution in [0.4, 0.5) is 5.69 Å². The number of carbonyl (C=O) groups is 2.